The van der Waals surface area contributed by atoms with Gasteiger partial charge in [0.25, 0.3) is 5.56 Å². The number of aromatic amines is 1. The third-order valence-corrected chi connectivity index (χ3v) is 6.08. The molecule has 0 bridgehead atoms. The third-order valence-electron chi connectivity index (χ3n) is 4.48. The summed E-state index contributed by atoms with van der Waals surface area (Å²) in [6, 6.07) is 2.45. The maximum absolute atomic E-state index is 14.3. The summed E-state index contributed by atoms with van der Waals surface area (Å²) >= 11 is 2.03. The normalized spacial score (nSPS) is 11.2. The Labute approximate surface area is 175 Å². The number of carbonyl (C=O) groups is 1. The van der Waals surface area contributed by atoms with Gasteiger partial charge in [-0.25, -0.2) is 18.6 Å². The van der Waals surface area contributed by atoms with Crippen molar-refractivity contribution in [2.45, 2.75) is 13.3 Å². The molecule has 0 aliphatic rings. The Morgan fingerprint density at radius 2 is 2.07 bits per heavy atom. The van der Waals surface area contributed by atoms with Crippen LogP contribution >= 0.6 is 22.9 Å². The minimum Gasteiger partial charge on any atom is -0.302 e. The fraction of sp³-hybridized carbons (Fsp3) is 0.167. The summed E-state index contributed by atoms with van der Waals surface area (Å²) in [5.74, 6) is -1.81. The van der Waals surface area contributed by atoms with E-state index in [1.165, 1.54) is 20.0 Å². The molecule has 0 unspecified atom stereocenters. The van der Waals surface area contributed by atoms with Crippen LogP contribution in [0.1, 0.15) is 10.4 Å². The van der Waals surface area contributed by atoms with Crippen LogP contribution in [0.2, 0.25) is 0 Å². The molecular formula is C18H13F2N5O3S2. The number of nitrogens with one attached hydrogen (secondary N) is 2. The van der Waals surface area contributed by atoms with E-state index >= 15 is 0 Å². The van der Waals surface area contributed by atoms with Gasteiger partial charge in [0.2, 0.25) is 5.91 Å². The molecule has 3 heterocycles. The molecule has 0 atom stereocenters. The highest BCUT2D eigenvalue weighted by atomic mass is 32.1. The molecule has 30 heavy (non-hydrogen) atoms. The first kappa shape index (κ1) is 20.0. The number of aromatic nitrogens is 4. The van der Waals surface area contributed by atoms with Gasteiger partial charge in [-0.05, 0) is 30.6 Å². The topological polar surface area (TPSA) is 110 Å². The van der Waals surface area contributed by atoms with Crippen molar-refractivity contribution in [2.24, 2.45) is 7.05 Å². The number of H-pyrrole nitrogens is 1. The van der Waals surface area contributed by atoms with Crippen molar-refractivity contribution in [1.82, 2.24) is 18.9 Å². The van der Waals surface area contributed by atoms with E-state index in [0.29, 0.717) is 4.88 Å². The first-order valence-electron chi connectivity index (χ1n) is 8.54. The minimum absolute atomic E-state index is 0.109. The van der Waals surface area contributed by atoms with Crippen molar-refractivity contribution < 1.29 is 13.6 Å². The molecule has 0 fully saturated rings. The summed E-state index contributed by atoms with van der Waals surface area (Å²) in [7, 11) is 1.33. The van der Waals surface area contributed by atoms with Gasteiger partial charge in [0, 0.05) is 28.4 Å². The van der Waals surface area contributed by atoms with Crippen LogP contribution in [0, 0.1) is 18.6 Å². The first-order valence-corrected chi connectivity index (χ1v) is 10.2. The third kappa shape index (κ3) is 3.44. The lowest BCUT2D eigenvalue weighted by atomic mass is 10.1. The highest BCUT2D eigenvalue weighted by Gasteiger charge is 2.18. The summed E-state index contributed by atoms with van der Waals surface area (Å²) < 4.78 is 32.7. The Morgan fingerprint density at radius 1 is 1.30 bits per heavy atom. The number of thiazole rings is 1. The molecule has 1 amide bonds. The fourth-order valence-corrected chi connectivity index (χ4v) is 4.36. The molecule has 154 valence electrons. The van der Waals surface area contributed by atoms with Gasteiger partial charge < -0.3 is 5.32 Å². The average molecular weight is 449 g/mol. The number of rotatable bonds is 4. The summed E-state index contributed by atoms with van der Waals surface area (Å²) in [4.78, 5) is 43.5. The van der Waals surface area contributed by atoms with E-state index in [4.69, 9.17) is 0 Å². The van der Waals surface area contributed by atoms with Crippen molar-refractivity contribution in [3.05, 3.63) is 60.4 Å². The number of hydrogen-bond donors (Lipinski definition) is 2. The number of benzene rings is 1. The smallest absolute Gasteiger partial charge is 0.302 e. The van der Waals surface area contributed by atoms with Crippen LogP contribution in [0.5, 0.6) is 0 Å². The van der Waals surface area contributed by atoms with Crippen LogP contribution in [0.4, 0.5) is 13.9 Å². The maximum Gasteiger partial charge on any atom is 0.329 e. The molecule has 0 saturated carbocycles. The molecular weight excluding hydrogens is 436 g/mol. The average Bonchev–Trinajstić information content (AvgIpc) is 3.31. The minimum atomic E-state index is -0.709. The van der Waals surface area contributed by atoms with E-state index < -0.39 is 28.8 Å². The Kier molecular flexibility index (Phi) is 5.03. The Morgan fingerprint density at radius 3 is 2.83 bits per heavy atom. The standard InChI is InChI=1S/C18H13F2N5O3S2/c1-7-9(19)4-3-8(14(7)20)10-6-29-17(21-10)22-12(26)5-11-13-15(24-30-11)23-18(28)25(2)16(13)27/h3-4,6H,5H2,1-2H3,(H,21,22,26)(H,23,24,28). The van der Waals surface area contributed by atoms with Gasteiger partial charge in [-0.2, -0.15) is 4.37 Å². The Bertz CT molecular complexity index is 1420. The molecule has 2 N–H and O–H groups in total. The Balaban J connectivity index is 1.56. The van der Waals surface area contributed by atoms with E-state index in [1.54, 1.807) is 5.38 Å². The van der Waals surface area contributed by atoms with Crippen LogP contribution in [-0.2, 0) is 18.3 Å². The number of halogens is 2. The molecule has 4 aromatic rings. The van der Waals surface area contributed by atoms with E-state index in [-0.39, 0.29) is 39.4 Å². The largest absolute Gasteiger partial charge is 0.329 e. The molecule has 1 aromatic carbocycles. The zero-order valence-corrected chi connectivity index (χ0v) is 17.2. The van der Waals surface area contributed by atoms with Crippen molar-refractivity contribution in [3.8, 4) is 11.3 Å². The zero-order chi connectivity index (χ0) is 21.6. The molecule has 0 spiro atoms. The SMILES string of the molecule is Cc1c(F)ccc(-c2csc(NC(=O)Cc3snc4[nH]c(=O)n(C)c(=O)c34)n2)c1F. The fourth-order valence-electron chi connectivity index (χ4n) is 2.82. The maximum atomic E-state index is 14.3. The van der Waals surface area contributed by atoms with Crippen molar-refractivity contribution >= 4 is 44.9 Å². The van der Waals surface area contributed by atoms with Gasteiger partial charge in [-0.3, -0.25) is 19.1 Å². The van der Waals surface area contributed by atoms with Crippen LogP contribution < -0.4 is 16.6 Å². The van der Waals surface area contributed by atoms with Gasteiger partial charge in [-0.15, -0.1) is 11.3 Å². The second-order valence-corrected chi connectivity index (χ2v) is 8.14. The highest BCUT2D eigenvalue weighted by molar-refractivity contribution is 7.14. The van der Waals surface area contributed by atoms with Gasteiger partial charge in [-0.1, -0.05) is 0 Å². The van der Waals surface area contributed by atoms with Crippen LogP contribution in [0.15, 0.2) is 27.1 Å². The molecule has 3 aromatic heterocycles. The summed E-state index contributed by atoms with van der Waals surface area (Å²) in [5.41, 5.74) is -0.703. The van der Waals surface area contributed by atoms with Crippen LogP contribution in [-0.4, -0.2) is 24.8 Å². The first-order chi connectivity index (χ1) is 14.3. The summed E-state index contributed by atoms with van der Waals surface area (Å²) in [6.07, 6.45) is -0.151. The molecule has 0 aliphatic carbocycles. The molecule has 4 rings (SSSR count). The number of amides is 1. The lowest BCUT2D eigenvalue weighted by Gasteiger charge is -2.04. The number of hydrogen-bond acceptors (Lipinski definition) is 7. The molecule has 0 aliphatic heterocycles. The predicted octanol–water partition coefficient (Wildman–Crippen LogP) is 2.57. The number of carbonyl (C=O) groups excluding carboxylic acids is 1. The van der Waals surface area contributed by atoms with Crippen molar-refractivity contribution in [3.63, 3.8) is 0 Å². The highest BCUT2D eigenvalue weighted by Crippen LogP contribution is 2.29. The molecule has 0 saturated heterocycles. The molecule has 12 heteroatoms. The number of fused-ring (bicyclic) bond motifs is 1. The second kappa shape index (κ2) is 7.54. The molecule has 0 radical (unpaired) electrons. The van der Waals surface area contributed by atoms with E-state index in [9.17, 15) is 23.2 Å². The Hall–Kier alpha value is -3.25. The van der Waals surface area contributed by atoms with Gasteiger partial charge in [0.05, 0.1) is 17.5 Å². The van der Waals surface area contributed by atoms with Crippen LogP contribution in [0.25, 0.3) is 22.3 Å². The summed E-state index contributed by atoms with van der Waals surface area (Å²) in [5, 5.41) is 4.56. The van der Waals surface area contributed by atoms with Crippen molar-refractivity contribution in [1.29, 1.82) is 0 Å². The van der Waals surface area contributed by atoms with Gasteiger partial charge >= 0.3 is 5.69 Å². The van der Waals surface area contributed by atoms with Crippen LogP contribution in [0.3, 0.4) is 0 Å². The van der Waals surface area contributed by atoms with Gasteiger partial charge in [0.1, 0.15) is 11.6 Å². The van der Waals surface area contributed by atoms with Crippen molar-refractivity contribution in [2.75, 3.05) is 5.32 Å². The van der Waals surface area contributed by atoms with Gasteiger partial charge in [0.15, 0.2) is 10.8 Å². The zero-order valence-electron chi connectivity index (χ0n) is 15.6. The number of nitrogens with zero attached hydrogens (tertiary/aromatic N) is 3. The molecule has 8 nitrogen and oxygen atoms in total. The second-order valence-electron chi connectivity index (χ2n) is 6.42. The predicted molar refractivity (Wildman–Crippen MR) is 110 cm³/mol. The monoisotopic (exact) mass is 449 g/mol. The summed E-state index contributed by atoms with van der Waals surface area (Å²) in [6.45, 7) is 1.33. The van der Waals surface area contributed by atoms with E-state index in [1.807, 2.05) is 0 Å². The number of anilines is 1. The quantitative estimate of drug-likeness (QED) is 0.498. The van der Waals surface area contributed by atoms with E-state index in [2.05, 4.69) is 19.7 Å². The lowest BCUT2D eigenvalue weighted by Crippen LogP contribution is -2.32. The lowest BCUT2D eigenvalue weighted by molar-refractivity contribution is -0.115. The van der Waals surface area contributed by atoms with E-state index in [0.717, 1.165) is 33.5 Å².